The van der Waals surface area contributed by atoms with Gasteiger partial charge in [0.05, 0.1) is 12.2 Å². The molecule has 0 aliphatic heterocycles. The maximum Gasteiger partial charge on any atom is 0.191 e. The van der Waals surface area contributed by atoms with E-state index in [1.54, 1.807) is 6.20 Å². The van der Waals surface area contributed by atoms with Crippen LogP contribution in [0.4, 0.5) is 0 Å². The summed E-state index contributed by atoms with van der Waals surface area (Å²) in [4.78, 5) is 10.5. The third kappa shape index (κ3) is 4.29. The Morgan fingerprint density at radius 2 is 2.25 bits per heavy atom. The van der Waals surface area contributed by atoms with Crippen LogP contribution in [0.5, 0.6) is 0 Å². The highest BCUT2D eigenvalue weighted by molar-refractivity contribution is 5.77. The monoisotopic (exact) mass is 220 g/mol. The van der Waals surface area contributed by atoms with Gasteiger partial charge in [-0.2, -0.15) is 0 Å². The molecule has 0 saturated heterocycles. The minimum absolute atomic E-state index is 0.529. The summed E-state index contributed by atoms with van der Waals surface area (Å²) >= 11 is 0. The highest BCUT2D eigenvalue weighted by Gasteiger charge is 2.03. The molecule has 1 rings (SSSR count). The van der Waals surface area contributed by atoms with Gasteiger partial charge in [-0.05, 0) is 18.1 Å². The Balaban J connectivity index is 2.52. The average molecular weight is 220 g/mol. The molecule has 1 heterocycles. The van der Waals surface area contributed by atoms with Gasteiger partial charge < -0.3 is 10.6 Å². The Labute approximate surface area is 97.2 Å². The predicted octanol–water partition coefficient (Wildman–Crippen LogP) is 1.48. The topological polar surface area (TPSA) is 54.5 Å². The van der Waals surface area contributed by atoms with Crippen molar-refractivity contribution in [3.63, 3.8) is 0 Å². The van der Waals surface area contributed by atoms with Crippen LogP contribution in [0.25, 0.3) is 0 Å². The quantitative estimate of drug-likeness (QED) is 0.617. The summed E-state index contributed by atoms with van der Waals surface area (Å²) in [5, 5.41) is 0. The minimum atomic E-state index is 0.529. The number of nitrogens with two attached hydrogens (primary N) is 1. The maximum absolute atomic E-state index is 5.86. The van der Waals surface area contributed by atoms with E-state index in [0.29, 0.717) is 18.4 Å². The molecule has 0 saturated carbocycles. The summed E-state index contributed by atoms with van der Waals surface area (Å²) < 4.78 is 0. The molecule has 0 aliphatic carbocycles. The lowest BCUT2D eigenvalue weighted by molar-refractivity contribution is 0.481. The van der Waals surface area contributed by atoms with Gasteiger partial charge in [0, 0.05) is 19.8 Å². The number of hydrogen-bond acceptors (Lipinski definition) is 2. The normalized spacial score (nSPS) is 11.9. The molecule has 1 aromatic heterocycles. The van der Waals surface area contributed by atoms with E-state index in [9.17, 15) is 0 Å². The SMILES string of the molecule is CC(C)CN=C(N)N(C)Cc1ccccn1. The second-order valence-corrected chi connectivity index (χ2v) is 4.27. The van der Waals surface area contributed by atoms with Gasteiger partial charge in [0.25, 0.3) is 0 Å². The molecule has 0 atom stereocenters. The van der Waals surface area contributed by atoms with E-state index in [1.807, 2.05) is 30.1 Å². The fourth-order valence-electron chi connectivity index (χ4n) is 1.21. The van der Waals surface area contributed by atoms with Crippen molar-refractivity contribution in [2.45, 2.75) is 20.4 Å². The lowest BCUT2D eigenvalue weighted by atomic mass is 10.2. The van der Waals surface area contributed by atoms with Gasteiger partial charge >= 0.3 is 0 Å². The summed E-state index contributed by atoms with van der Waals surface area (Å²) in [5.74, 6) is 1.10. The molecule has 0 aliphatic rings. The van der Waals surface area contributed by atoms with Crippen LogP contribution in [-0.4, -0.2) is 29.4 Å². The van der Waals surface area contributed by atoms with Crippen molar-refractivity contribution >= 4 is 5.96 Å². The summed E-state index contributed by atoms with van der Waals surface area (Å²) in [6.07, 6.45) is 1.78. The predicted molar refractivity (Wildman–Crippen MR) is 67.0 cm³/mol. The number of nitrogens with zero attached hydrogens (tertiary/aromatic N) is 3. The summed E-state index contributed by atoms with van der Waals surface area (Å²) in [7, 11) is 1.92. The first-order valence-corrected chi connectivity index (χ1v) is 5.50. The number of rotatable bonds is 4. The lowest BCUT2D eigenvalue weighted by Crippen LogP contribution is -2.34. The molecule has 0 spiro atoms. The molecule has 2 N–H and O–H groups in total. The molecule has 0 fully saturated rings. The van der Waals surface area contributed by atoms with Crippen molar-refractivity contribution < 1.29 is 0 Å². The van der Waals surface area contributed by atoms with Crippen molar-refractivity contribution in [1.29, 1.82) is 0 Å². The van der Waals surface area contributed by atoms with Crippen LogP contribution in [0.3, 0.4) is 0 Å². The van der Waals surface area contributed by atoms with Gasteiger partial charge in [-0.3, -0.25) is 9.98 Å². The maximum atomic E-state index is 5.86. The zero-order valence-electron chi connectivity index (χ0n) is 10.2. The molecule has 88 valence electrons. The molecule has 4 nitrogen and oxygen atoms in total. The molecule has 16 heavy (non-hydrogen) atoms. The molecule has 0 unspecified atom stereocenters. The Morgan fingerprint density at radius 3 is 2.81 bits per heavy atom. The van der Waals surface area contributed by atoms with Crippen LogP contribution in [0.2, 0.25) is 0 Å². The summed E-state index contributed by atoms with van der Waals surface area (Å²) in [6, 6.07) is 5.85. The number of aliphatic imine (C=N–C) groups is 1. The van der Waals surface area contributed by atoms with Crippen LogP contribution in [0.1, 0.15) is 19.5 Å². The standard InChI is InChI=1S/C12H20N4/c1-10(2)8-15-12(13)16(3)9-11-6-4-5-7-14-11/h4-7,10H,8-9H2,1-3H3,(H2,13,15). The first-order chi connectivity index (χ1) is 7.59. The van der Waals surface area contributed by atoms with Crippen molar-refractivity contribution in [3.8, 4) is 0 Å². The first-order valence-electron chi connectivity index (χ1n) is 5.50. The van der Waals surface area contributed by atoms with Crippen LogP contribution in [0.15, 0.2) is 29.4 Å². The van der Waals surface area contributed by atoms with Gasteiger partial charge in [-0.15, -0.1) is 0 Å². The van der Waals surface area contributed by atoms with E-state index >= 15 is 0 Å². The second kappa shape index (κ2) is 6.10. The Hall–Kier alpha value is -1.58. The summed E-state index contributed by atoms with van der Waals surface area (Å²) in [6.45, 7) is 5.69. The van der Waals surface area contributed by atoms with Gasteiger partial charge in [-0.25, -0.2) is 0 Å². The van der Waals surface area contributed by atoms with Gasteiger partial charge in [0.1, 0.15) is 0 Å². The van der Waals surface area contributed by atoms with Crippen molar-refractivity contribution in [2.75, 3.05) is 13.6 Å². The van der Waals surface area contributed by atoms with E-state index in [1.165, 1.54) is 0 Å². The third-order valence-electron chi connectivity index (χ3n) is 2.13. The molecule has 0 amide bonds. The zero-order valence-corrected chi connectivity index (χ0v) is 10.2. The average Bonchev–Trinajstić information content (AvgIpc) is 2.27. The number of pyridine rings is 1. The fraction of sp³-hybridized carbons (Fsp3) is 0.500. The zero-order chi connectivity index (χ0) is 12.0. The van der Waals surface area contributed by atoms with E-state index in [4.69, 9.17) is 5.73 Å². The highest BCUT2D eigenvalue weighted by Crippen LogP contribution is 1.99. The number of hydrogen-bond donors (Lipinski definition) is 1. The number of aromatic nitrogens is 1. The van der Waals surface area contributed by atoms with Crippen molar-refractivity contribution in [1.82, 2.24) is 9.88 Å². The second-order valence-electron chi connectivity index (χ2n) is 4.27. The molecular weight excluding hydrogens is 200 g/mol. The van der Waals surface area contributed by atoms with Gasteiger partial charge in [0.15, 0.2) is 5.96 Å². The smallest absolute Gasteiger partial charge is 0.191 e. The molecule has 0 aromatic carbocycles. The minimum Gasteiger partial charge on any atom is -0.370 e. The Morgan fingerprint density at radius 1 is 1.50 bits per heavy atom. The van der Waals surface area contributed by atoms with E-state index in [2.05, 4.69) is 23.8 Å². The van der Waals surface area contributed by atoms with Crippen LogP contribution in [0, 0.1) is 5.92 Å². The van der Waals surface area contributed by atoms with E-state index in [-0.39, 0.29) is 0 Å². The summed E-state index contributed by atoms with van der Waals surface area (Å²) in [5.41, 5.74) is 6.85. The Bertz CT molecular complexity index is 332. The molecule has 0 bridgehead atoms. The lowest BCUT2D eigenvalue weighted by Gasteiger charge is -2.17. The van der Waals surface area contributed by atoms with Gasteiger partial charge in [0.2, 0.25) is 0 Å². The highest BCUT2D eigenvalue weighted by atomic mass is 15.2. The van der Waals surface area contributed by atoms with Crippen molar-refractivity contribution in [3.05, 3.63) is 30.1 Å². The van der Waals surface area contributed by atoms with Crippen LogP contribution < -0.4 is 5.73 Å². The molecule has 0 radical (unpaired) electrons. The third-order valence-corrected chi connectivity index (χ3v) is 2.13. The van der Waals surface area contributed by atoms with E-state index in [0.717, 1.165) is 12.2 Å². The largest absolute Gasteiger partial charge is 0.370 e. The first kappa shape index (κ1) is 12.5. The Kier molecular flexibility index (Phi) is 4.76. The van der Waals surface area contributed by atoms with Crippen LogP contribution in [-0.2, 0) is 6.54 Å². The fourth-order valence-corrected chi connectivity index (χ4v) is 1.21. The molecule has 4 heteroatoms. The molecule has 1 aromatic rings. The van der Waals surface area contributed by atoms with Crippen molar-refractivity contribution in [2.24, 2.45) is 16.6 Å². The van der Waals surface area contributed by atoms with E-state index < -0.39 is 0 Å². The van der Waals surface area contributed by atoms with Crippen LogP contribution >= 0.6 is 0 Å². The van der Waals surface area contributed by atoms with Gasteiger partial charge in [-0.1, -0.05) is 19.9 Å². The molecular formula is C12H20N4. The number of guanidine groups is 1.